The maximum atomic E-state index is 11.1. The Hall–Kier alpha value is -3.22. The topological polar surface area (TPSA) is 85.9 Å². The summed E-state index contributed by atoms with van der Waals surface area (Å²) in [6, 6.07) is 12.9. The molecule has 0 bridgehead atoms. The number of nitrogens with zero attached hydrogens (tertiary/aromatic N) is 4. The summed E-state index contributed by atoms with van der Waals surface area (Å²) < 4.78 is 1.84. The normalized spacial score (nSPS) is 11.9. The van der Waals surface area contributed by atoms with Crippen LogP contribution in [0.2, 0.25) is 0 Å². The molecule has 122 valence electrons. The summed E-state index contributed by atoms with van der Waals surface area (Å²) in [7, 11) is 0. The number of hydrogen-bond donors (Lipinski definition) is 1. The highest BCUT2D eigenvalue weighted by Crippen LogP contribution is 2.25. The molecule has 0 aliphatic carbocycles. The number of rotatable bonds is 6. The van der Waals surface area contributed by atoms with Crippen LogP contribution in [0.5, 0.6) is 0 Å². The molecule has 3 rings (SSSR count). The highest BCUT2D eigenvalue weighted by atomic mass is 16.6. The van der Waals surface area contributed by atoms with Gasteiger partial charge in [0.05, 0.1) is 23.7 Å². The van der Waals surface area contributed by atoms with Gasteiger partial charge in [-0.05, 0) is 18.6 Å². The van der Waals surface area contributed by atoms with Gasteiger partial charge in [-0.1, -0.05) is 30.3 Å². The van der Waals surface area contributed by atoms with Gasteiger partial charge in [-0.25, -0.2) is 4.98 Å². The van der Waals surface area contributed by atoms with E-state index in [-0.39, 0.29) is 17.5 Å². The average Bonchev–Trinajstić information content (AvgIpc) is 3.05. The van der Waals surface area contributed by atoms with Crippen molar-refractivity contribution in [3.05, 3.63) is 82.3 Å². The minimum absolute atomic E-state index is 0.0407. The molecule has 0 amide bonds. The van der Waals surface area contributed by atoms with Crippen molar-refractivity contribution in [2.24, 2.45) is 0 Å². The largest absolute Gasteiger partial charge is 0.358 e. The molecule has 7 heteroatoms. The second-order valence-corrected chi connectivity index (χ2v) is 5.45. The Balaban J connectivity index is 1.72. The van der Waals surface area contributed by atoms with Gasteiger partial charge in [-0.3, -0.25) is 14.8 Å². The fourth-order valence-electron chi connectivity index (χ4n) is 2.40. The van der Waals surface area contributed by atoms with E-state index in [2.05, 4.69) is 15.4 Å². The molecule has 0 saturated heterocycles. The fourth-order valence-corrected chi connectivity index (χ4v) is 2.40. The Bertz CT molecular complexity index is 832. The van der Waals surface area contributed by atoms with E-state index >= 15 is 0 Å². The molecule has 0 aliphatic rings. The van der Waals surface area contributed by atoms with Crippen molar-refractivity contribution in [1.82, 2.24) is 14.8 Å². The van der Waals surface area contributed by atoms with Crippen molar-refractivity contribution in [3.8, 4) is 0 Å². The van der Waals surface area contributed by atoms with Gasteiger partial charge in [0.2, 0.25) is 5.82 Å². The van der Waals surface area contributed by atoms with Crippen molar-refractivity contribution in [2.75, 3.05) is 5.32 Å². The van der Waals surface area contributed by atoms with Crippen LogP contribution in [-0.4, -0.2) is 19.7 Å². The molecule has 3 aromatic rings. The van der Waals surface area contributed by atoms with Crippen LogP contribution in [0.25, 0.3) is 0 Å². The van der Waals surface area contributed by atoms with E-state index in [4.69, 9.17) is 0 Å². The molecule has 0 aliphatic heterocycles. The lowest BCUT2D eigenvalue weighted by molar-refractivity contribution is -0.384. The lowest BCUT2D eigenvalue weighted by Gasteiger charge is -2.12. The van der Waals surface area contributed by atoms with Crippen LogP contribution in [0.1, 0.15) is 24.1 Å². The number of nitro groups is 1. The third-order valence-electron chi connectivity index (χ3n) is 3.68. The summed E-state index contributed by atoms with van der Waals surface area (Å²) in [5.74, 6) is 0.255. The van der Waals surface area contributed by atoms with Crippen LogP contribution in [-0.2, 0) is 6.54 Å². The molecule has 1 aromatic carbocycles. The molecule has 0 saturated carbocycles. The van der Waals surface area contributed by atoms with E-state index in [1.807, 2.05) is 48.1 Å². The molecule has 7 nitrogen and oxygen atoms in total. The zero-order chi connectivity index (χ0) is 16.9. The van der Waals surface area contributed by atoms with Crippen molar-refractivity contribution in [1.29, 1.82) is 0 Å². The third kappa shape index (κ3) is 3.57. The molecule has 2 heterocycles. The number of benzene rings is 1. The van der Waals surface area contributed by atoms with Crippen LogP contribution >= 0.6 is 0 Å². The van der Waals surface area contributed by atoms with Gasteiger partial charge >= 0.3 is 5.69 Å². The maximum absolute atomic E-state index is 11.1. The van der Waals surface area contributed by atoms with Crippen LogP contribution in [0, 0.1) is 10.1 Å². The second-order valence-electron chi connectivity index (χ2n) is 5.45. The van der Waals surface area contributed by atoms with E-state index in [0.717, 1.165) is 11.1 Å². The van der Waals surface area contributed by atoms with E-state index in [0.29, 0.717) is 6.54 Å². The highest BCUT2D eigenvalue weighted by molar-refractivity contribution is 5.56. The molecule has 1 atom stereocenters. The third-order valence-corrected chi connectivity index (χ3v) is 3.68. The monoisotopic (exact) mass is 323 g/mol. The number of anilines is 1. The summed E-state index contributed by atoms with van der Waals surface area (Å²) in [5.41, 5.74) is 2.06. The lowest BCUT2D eigenvalue weighted by atomic mass is 10.2. The van der Waals surface area contributed by atoms with Gasteiger partial charge in [0.1, 0.15) is 0 Å². The van der Waals surface area contributed by atoms with Crippen LogP contribution < -0.4 is 5.32 Å². The first-order valence-electron chi connectivity index (χ1n) is 7.55. The Morgan fingerprint density at radius 1 is 1.25 bits per heavy atom. The van der Waals surface area contributed by atoms with E-state index in [9.17, 15) is 10.1 Å². The van der Waals surface area contributed by atoms with Crippen LogP contribution in [0.4, 0.5) is 11.5 Å². The first-order valence-corrected chi connectivity index (χ1v) is 7.55. The summed E-state index contributed by atoms with van der Waals surface area (Å²) >= 11 is 0. The molecular formula is C17H17N5O2. The molecular weight excluding hydrogens is 306 g/mol. The van der Waals surface area contributed by atoms with Crippen molar-refractivity contribution in [2.45, 2.75) is 19.5 Å². The quantitative estimate of drug-likeness (QED) is 0.555. The number of nitrogens with one attached hydrogen (secondary N) is 1. The number of hydrogen-bond acceptors (Lipinski definition) is 5. The molecule has 24 heavy (non-hydrogen) atoms. The van der Waals surface area contributed by atoms with Gasteiger partial charge in [-0.2, -0.15) is 5.10 Å². The predicted molar refractivity (Wildman–Crippen MR) is 90.7 cm³/mol. The lowest BCUT2D eigenvalue weighted by Crippen LogP contribution is -2.09. The SMILES string of the molecule is CC(Nc1ncccc1[N+](=O)[O-])c1cnn(Cc2ccccc2)c1. The summed E-state index contributed by atoms with van der Waals surface area (Å²) in [4.78, 5) is 14.7. The molecule has 1 N–H and O–H groups in total. The van der Waals surface area contributed by atoms with E-state index < -0.39 is 4.92 Å². The Morgan fingerprint density at radius 2 is 2.04 bits per heavy atom. The van der Waals surface area contributed by atoms with Crippen LogP contribution in [0.15, 0.2) is 61.1 Å². The number of pyridine rings is 1. The second kappa shape index (κ2) is 6.91. The smallest absolute Gasteiger partial charge is 0.311 e. The molecule has 1 unspecified atom stereocenters. The number of aromatic nitrogens is 3. The Morgan fingerprint density at radius 3 is 2.79 bits per heavy atom. The minimum Gasteiger partial charge on any atom is -0.358 e. The van der Waals surface area contributed by atoms with E-state index in [1.54, 1.807) is 12.3 Å². The zero-order valence-electron chi connectivity index (χ0n) is 13.2. The first-order chi connectivity index (χ1) is 11.6. The first kappa shape index (κ1) is 15.7. The predicted octanol–water partition coefficient (Wildman–Crippen LogP) is 3.41. The standard InChI is InChI=1S/C17H17N5O2/c1-13(20-17-16(22(23)24)8-5-9-18-17)15-10-19-21(12-15)11-14-6-3-2-4-7-14/h2-10,12-13H,11H2,1H3,(H,18,20). The Kier molecular flexibility index (Phi) is 4.51. The van der Waals surface area contributed by atoms with Crippen molar-refractivity contribution < 1.29 is 4.92 Å². The average molecular weight is 323 g/mol. The highest BCUT2D eigenvalue weighted by Gasteiger charge is 2.17. The summed E-state index contributed by atoms with van der Waals surface area (Å²) in [6.07, 6.45) is 5.22. The minimum atomic E-state index is -0.444. The molecule has 0 radical (unpaired) electrons. The summed E-state index contributed by atoms with van der Waals surface area (Å²) in [6.45, 7) is 2.60. The van der Waals surface area contributed by atoms with Gasteiger partial charge in [0.15, 0.2) is 0 Å². The molecule has 2 aromatic heterocycles. The maximum Gasteiger partial charge on any atom is 0.311 e. The summed E-state index contributed by atoms with van der Waals surface area (Å²) in [5, 5.41) is 18.5. The van der Waals surface area contributed by atoms with Gasteiger partial charge in [-0.15, -0.1) is 0 Å². The molecule has 0 fully saturated rings. The molecule has 0 spiro atoms. The van der Waals surface area contributed by atoms with E-state index in [1.165, 1.54) is 12.3 Å². The van der Waals surface area contributed by atoms with Gasteiger partial charge in [0.25, 0.3) is 0 Å². The van der Waals surface area contributed by atoms with Gasteiger partial charge < -0.3 is 5.32 Å². The fraction of sp³-hybridized carbons (Fsp3) is 0.176. The van der Waals surface area contributed by atoms with Crippen LogP contribution in [0.3, 0.4) is 0 Å². The van der Waals surface area contributed by atoms with Crippen molar-refractivity contribution in [3.63, 3.8) is 0 Å². The Labute approximate surface area is 139 Å². The van der Waals surface area contributed by atoms with Gasteiger partial charge in [0, 0.05) is 24.0 Å². The van der Waals surface area contributed by atoms with Crippen molar-refractivity contribution >= 4 is 11.5 Å². The zero-order valence-corrected chi connectivity index (χ0v) is 13.2.